The summed E-state index contributed by atoms with van der Waals surface area (Å²) in [6.07, 6.45) is 1.67. The van der Waals surface area contributed by atoms with Crippen LogP contribution in [0.3, 0.4) is 0 Å². The van der Waals surface area contributed by atoms with E-state index in [1.54, 1.807) is 13.3 Å². The van der Waals surface area contributed by atoms with Crippen molar-refractivity contribution in [2.45, 2.75) is 20.4 Å². The van der Waals surface area contributed by atoms with E-state index in [1.807, 2.05) is 60.9 Å². The summed E-state index contributed by atoms with van der Waals surface area (Å²) in [6, 6.07) is 19.2. The number of aromatic nitrogens is 4. The summed E-state index contributed by atoms with van der Waals surface area (Å²) < 4.78 is 26.6. The number of carbonyl (C=O) groups is 1. The summed E-state index contributed by atoms with van der Waals surface area (Å²) in [5.74, 6) is 0.849. The number of fused-ring (bicyclic) bond motifs is 3. The number of imidazole rings is 1. The van der Waals surface area contributed by atoms with E-state index in [2.05, 4.69) is 10.1 Å². The van der Waals surface area contributed by atoms with Gasteiger partial charge < -0.3 is 13.8 Å². The molecule has 8 heteroatoms. The molecule has 0 saturated heterocycles. The van der Waals surface area contributed by atoms with Crippen molar-refractivity contribution in [3.8, 4) is 16.9 Å². The third kappa shape index (κ3) is 3.91. The van der Waals surface area contributed by atoms with Gasteiger partial charge in [-0.2, -0.15) is 0 Å². The van der Waals surface area contributed by atoms with E-state index in [0.29, 0.717) is 34.7 Å². The molecule has 0 unspecified atom stereocenters. The lowest BCUT2D eigenvalue weighted by Crippen LogP contribution is -2.12. The molecule has 0 aliphatic carbocycles. The first-order valence-electron chi connectivity index (χ1n) is 12.1. The number of aryl methyl sites for hydroxylation is 2. The zero-order valence-corrected chi connectivity index (χ0v) is 21.0. The van der Waals surface area contributed by atoms with Gasteiger partial charge >= 0.3 is 0 Å². The van der Waals surface area contributed by atoms with Crippen molar-refractivity contribution in [1.82, 2.24) is 19.7 Å². The van der Waals surface area contributed by atoms with Gasteiger partial charge in [-0.1, -0.05) is 35.5 Å². The number of carbonyl (C=O) groups excluding carboxylic acids is 1. The largest absolute Gasteiger partial charge is 0.496 e. The van der Waals surface area contributed by atoms with Crippen molar-refractivity contribution >= 4 is 27.7 Å². The van der Waals surface area contributed by atoms with Gasteiger partial charge in [-0.25, -0.2) is 9.37 Å². The fourth-order valence-electron chi connectivity index (χ4n) is 4.90. The highest BCUT2D eigenvalue weighted by molar-refractivity contribution is 6.11. The first-order chi connectivity index (χ1) is 18.4. The zero-order valence-electron chi connectivity index (χ0n) is 21.0. The fraction of sp³-hybridized carbons (Fsp3) is 0.133. The molecule has 0 N–H and O–H groups in total. The molecule has 0 aliphatic heterocycles. The van der Waals surface area contributed by atoms with Gasteiger partial charge in [0.05, 0.1) is 35.6 Å². The first-order valence-corrected chi connectivity index (χ1v) is 12.1. The van der Waals surface area contributed by atoms with Gasteiger partial charge in [-0.15, -0.1) is 0 Å². The van der Waals surface area contributed by atoms with Crippen LogP contribution >= 0.6 is 0 Å². The van der Waals surface area contributed by atoms with Gasteiger partial charge in [0.2, 0.25) is 5.78 Å². The van der Waals surface area contributed by atoms with E-state index in [1.165, 1.54) is 24.3 Å². The summed E-state index contributed by atoms with van der Waals surface area (Å²) in [5.41, 5.74) is 5.83. The Hall–Kier alpha value is -4.85. The van der Waals surface area contributed by atoms with Gasteiger partial charge in [0.15, 0.2) is 5.82 Å². The third-order valence-electron chi connectivity index (χ3n) is 6.69. The molecule has 0 spiro atoms. The van der Waals surface area contributed by atoms with E-state index >= 15 is 0 Å². The molecule has 0 amide bonds. The first kappa shape index (κ1) is 23.5. The van der Waals surface area contributed by atoms with Gasteiger partial charge in [0.25, 0.3) is 0 Å². The minimum Gasteiger partial charge on any atom is -0.496 e. The number of benzene rings is 3. The minimum absolute atomic E-state index is 0.249. The van der Waals surface area contributed by atoms with Crippen molar-refractivity contribution in [3.05, 3.63) is 107 Å². The predicted molar refractivity (Wildman–Crippen MR) is 142 cm³/mol. The zero-order chi connectivity index (χ0) is 26.4. The Morgan fingerprint density at radius 3 is 2.47 bits per heavy atom. The van der Waals surface area contributed by atoms with Crippen LogP contribution in [0.5, 0.6) is 5.75 Å². The van der Waals surface area contributed by atoms with Gasteiger partial charge in [-0.3, -0.25) is 9.78 Å². The lowest BCUT2D eigenvalue weighted by atomic mass is 10.0. The van der Waals surface area contributed by atoms with Crippen LogP contribution in [0.25, 0.3) is 33.1 Å². The highest BCUT2D eigenvalue weighted by Gasteiger charge is 2.24. The van der Waals surface area contributed by atoms with Gasteiger partial charge in [-0.05, 0) is 55.8 Å². The lowest BCUT2D eigenvalue weighted by molar-refractivity contribution is 0.102. The average molecular weight is 507 g/mol. The second kappa shape index (κ2) is 9.23. The standard InChI is InChI=1S/C30H23FN4O3/c1-17-27(18(2)38-34-17)23-13-24-22(14-26(23)37-3)28-25(15-32-24)33-30(29(36)20-9-11-21(31)12-10-20)35(28)16-19-7-5-4-6-8-19/h4-15H,16H2,1-3H3. The number of halogens is 1. The van der Waals surface area contributed by atoms with Gasteiger partial charge in [0, 0.05) is 23.1 Å². The SMILES string of the molecule is COc1cc2c(cc1-c1c(C)noc1C)ncc1nc(C(=O)c3ccc(F)cc3)n(Cc3ccccc3)c12. The fourth-order valence-corrected chi connectivity index (χ4v) is 4.90. The van der Waals surface area contributed by atoms with Crippen LogP contribution in [-0.4, -0.2) is 32.6 Å². The molecule has 0 aliphatic rings. The van der Waals surface area contributed by atoms with Crippen molar-refractivity contribution in [2.75, 3.05) is 7.11 Å². The summed E-state index contributed by atoms with van der Waals surface area (Å²) in [6.45, 7) is 4.15. The molecule has 0 atom stereocenters. The minimum atomic E-state index is -0.407. The van der Waals surface area contributed by atoms with Crippen LogP contribution < -0.4 is 4.74 Å². The summed E-state index contributed by atoms with van der Waals surface area (Å²) in [5, 5.41) is 4.88. The second-order valence-electron chi connectivity index (χ2n) is 9.10. The quantitative estimate of drug-likeness (QED) is 0.247. The Kier molecular flexibility index (Phi) is 5.72. The third-order valence-corrected chi connectivity index (χ3v) is 6.69. The Balaban J connectivity index is 1.62. The number of hydrogen-bond donors (Lipinski definition) is 0. The predicted octanol–water partition coefficient (Wildman–Crippen LogP) is 6.28. The average Bonchev–Trinajstić information content (AvgIpc) is 3.47. The Bertz CT molecular complexity index is 1800. The number of ether oxygens (including phenoxy) is 1. The maximum absolute atomic E-state index is 13.6. The normalized spacial score (nSPS) is 11.4. The molecule has 3 aromatic carbocycles. The molecule has 6 rings (SSSR count). The smallest absolute Gasteiger partial charge is 0.228 e. The van der Waals surface area contributed by atoms with Crippen molar-refractivity contribution in [3.63, 3.8) is 0 Å². The monoisotopic (exact) mass is 506 g/mol. The van der Waals surface area contributed by atoms with E-state index in [0.717, 1.165) is 33.3 Å². The topological polar surface area (TPSA) is 83.0 Å². The number of rotatable bonds is 6. The Labute approximate surface area is 217 Å². The number of pyridine rings is 1. The van der Waals surface area contributed by atoms with Crippen molar-refractivity contribution < 1.29 is 18.4 Å². The highest BCUT2D eigenvalue weighted by atomic mass is 19.1. The molecular formula is C30H23FN4O3. The van der Waals surface area contributed by atoms with Crippen LogP contribution in [0.1, 0.15) is 33.2 Å². The van der Waals surface area contributed by atoms with Crippen molar-refractivity contribution in [2.24, 2.45) is 0 Å². The number of methoxy groups -OCH3 is 1. The van der Waals surface area contributed by atoms with Crippen LogP contribution in [-0.2, 0) is 6.54 Å². The molecule has 38 heavy (non-hydrogen) atoms. The van der Waals surface area contributed by atoms with E-state index < -0.39 is 5.82 Å². The van der Waals surface area contributed by atoms with Crippen molar-refractivity contribution in [1.29, 1.82) is 0 Å². The summed E-state index contributed by atoms with van der Waals surface area (Å²) >= 11 is 0. The lowest BCUT2D eigenvalue weighted by Gasteiger charge is -2.13. The molecule has 3 aromatic heterocycles. The molecule has 7 nitrogen and oxygen atoms in total. The molecule has 0 radical (unpaired) electrons. The molecule has 0 saturated carbocycles. The van der Waals surface area contributed by atoms with E-state index in [9.17, 15) is 9.18 Å². The molecule has 0 bridgehead atoms. The van der Waals surface area contributed by atoms with E-state index in [4.69, 9.17) is 14.2 Å². The number of hydrogen-bond acceptors (Lipinski definition) is 6. The molecule has 6 aromatic rings. The number of ketones is 1. The second-order valence-corrected chi connectivity index (χ2v) is 9.10. The van der Waals surface area contributed by atoms with Crippen LogP contribution in [0.4, 0.5) is 4.39 Å². The van der Waals surface area contributed by atoms with Gasteiger partial charge in [0.1, 0.15) is 22.8 Å². The van der Waals surface area contributed by atoms with E-state index in [-0.39, 0.29) is 11.6 Å². The molecule has 3 heterocycles. The maximum atomic E-state index is 13.6. The molecular weight excluding hydrogens is 483 g/mol. The van der Waals surface area contributed by atoms with Crippen LogP contribution in [0.15, 0.2) is 77.4 Å². The van der Waals surface area contributed by atoms with Crippen LogP contribution in [0, 0.1) is 19.7 Å². The number of nitrogens with zero attached hydrogens (tertiary/aromatic N) is 4. The Morgan fingerprint density at radius 2 is 1.79 bits per heavy atom. The highest BCUT2D eigenvalue weighted by Crippen LogP contribution is 2.39. The summed E-state index contributed by atoms with van der Waals surface area (Å²) in [7, 11) is 1.61. The molecule has 188 valence electrons. The van der Waals surface area contributed by atoms with Crippen LogP contribution in [0.2, 0.25) is 0 Å². The molecule has 0 fully saturated rings. The Morgan fingerprint density at radius 1 is 1.03 bits per heavy atom. The maximum Gasteiger partial charge on any atom is 0.228 e. The summed E-state index contributed by atoms with van der Waals surface area (Å²) in [4.78, 5) is 23.0.